The van der Waals surface area contributed by atoms with Crippen molar-refractivity contribution in [2.75, 3.05) is 0 Å². The van der Waals surface area contributed by atoms with E-state index < -0.39 is 0 Å². The van der Waals surface area contributed by atoms with Crippen LogP contribution in [-0.4, -0.2) is 5.11 Å². The molecule has 2 aromatic heterocycles. The van der Waals surface area contributed by atoms with E-state index in [-0.39, 0.29) is 6.61 Å². The van der Waals surface area contributed by atoms with E-state index in [1.807, 2.05) is 26.0 Å². The lowest BCUT2D eigenvalue weighted by atomic mass is 10.1. The Bertz CT molecular complexity index is 673. The Hall–Kier alpha value is -1.74. The number of fused-ring (bicyclic) bond motifs is 3. The minimum atomic E-state index is -0.00518. The molecule has 0 aliphatic carbocycles. The third-order valence-corrected chi connectivity index (χ3v) is 2.90. The first kappa shape index (κ1) is 9.48. The molecular formula is C13H12O3. The van der Waals surface area contributed by atoms with Gasteiger partial charge >= 0.3 is 0 Å². The van der Waals surface area contributed by atoms with Gasteiger partial charge in [-0.2, -0.15) is 0 Å². The molecule has 0 spiro atoms. The van der Waals surface area contributed by atoms with Crippen molar-refractivity contribution in [1.29, 1.82) is 0 Å². The molecule has 16 heavy (non-hydrogen) atoms. The molecule has 2 heterocycles. The fourth-order valence-electron chi connectivity index (χ4n) is 2.15. The fraction of sp³-hybridized carbons (Fsp3) is 0.231. The first-order valence-corrected chi connectivity index (χ1v) is 5.21. The molecule has 3 aromatic rings. The number of hydrogen-bond acceptors (Lipinski definition) is 3. The zero-order valence-electron chi connectivity index (χ0n) is 9.20. The molecular weight excluding hydrogens is 204 g/mol. The highest BCUT2D eigenvalue weighted by atomic mass is 16.3. The molecule has 0 saturated heterocycles. The standard InChI is InChI=1S/C13H12O3/c1-7-3-10-9(5-14)6-15-13(10)11-4-8(2)16-12(7)11/h3-4,6,14H,5H2,1-2H3. The predicted octanol–water partition coefficient (Wildman–Crippen LogP) is 3.29. The van der Waals surface area contributed by atoms with E-state index in [1.54, 1.807) is 6.26 Å². The minimum absolute atomic E-state index is 0.00518. The second kappa shape index (κ2) is 3.12. The molecule has 0 unspecified atom stereocenters. The molecule has 3 nitrogen and oxygen atoms in total. The highest BCUT2D eigenvalue weighted by Crippen LogP contribution is 2.33. The van der Waals surface area contributed by atoms with Crippen LogP contribution >= 0.6 is 0 Å². The topological polar surface area (TPSA) is 46.5 Å². The quantitative estimate of drug-likeness (QED) is 0.679. The summed E-state index contributed by atoms with van der Waals surface area (Å²) in [4.78, 5) is 0. The summed E-state index contributed by atoms with van der Waals surface area (Å²) >= 11 is 0. The largest absolute Gasteiger partial charge is 0.463 e. The lowest BCUT2D eigenvalue weighted by Crippen LogP contribution is -1.80. The second-order valence-electron chi connectivity index (χ2n) is 4.09. The third kappa shape index (κ3) is 1.12. The first-order chi connectivity index (χ1) is 7.70. The molecule has 0 fully saturated rings. The zero-order chi connectivity index (χ0) is 11.3. The van der Waals surface area contributed by atoms with Crippen molar-refractivity contribution >= 4 is 21.9 Å². The number of aliphatic hydroxyl groups is 1. The van der Waals surface area contributed by atoms with Crippen molar-refractivity contribution in [3.8, 4) is 0 Å². The third-order valence-electron chi connectivity index (χ3n) is 2.90. The number of aryl methyl sites for hydroxylation is 2. The van der Waals surface area contributed by atoms with Gasteiger partial charge in [0, 0.05) is 10.9 Å². The molecule has 82 valence electrons. The van der Waals surface area contributed by atoms with Crippen LogP contribution in [-0.2, 0) is 6.61 Å². The Balaban J connectivity index is 2.54. The summed E-state index contributed by atoms with van der Waals surface area (Å²) in [6, 6.07) is 3.96. The minimum Gasteiger partial charge on any atom is -0.463 e. The zero-order valence-corrected chi connectivity index (χ0v) is 9.20. The van der Waals surface area contributed by atoms with Gasteiger partial charge in [-0.05, 0) is 31.5 Å². The van der Waals surface area contributed by atoms with E-state index in [4.69, 9.17) is 8.83 Å². The maximum Gasteiger partial charge on any atom is 0.145 e. The van der Waals surface area contributed by atoms with E-state index in [2.05, 4.69) is 0 Å². The average molecular weight is 216 g/mol. The molecule has 1 aromatic carbocycles. The fourth-order valence-corrected chi connectivity index (χ4v) is 2.15. The van der Waals surface area contributed by atoms with Gasteiger partial charge in [0.25, 0.3) is 0 Å². The van der Waals surface area contributed by atoms with Crippen LogP contribution in [0.15, 0.2) is 27.2 Å². The van der Waals surface area contributed by atoms with Crippen molar-refractivity contribution in [1.82, 2.24) is 0 Å². The average Bonchev–Trinajstić information content (AvgIpc) is 2.81. The van der Waals surface area contributed by atoms with Crippen LogP contribution in [0.2, 0.25) is 0 Å². The monoisotopic (exact) mass is 216 g/mol. The number of benzene rings is 1. The maximum absolute atomic E-state index is 9.21. The predicted molar refractivity (Wildman–Crippen MR) is 61.4 cm³/mol. The molecule has 3 heteroatoms. The van der Waals surface area contributed by atoms with Gasteiger partial charge in [0.05, 0.1) is 18.3 Å². The Kier molecular flexibility index (Phi) is 1.85. The molecule has 0 radical (unpaired) electrons. The summed E-state index contributed by atoms with van der Waals surface area (Å²) in [5.74, 6) is 0.868. The van der Waals surface area contributed by atoms with Crippen LogP contribution < -0.4 is 0 Å². The summed E-state index contributed by atoms with van der Waals surface area (Å²) < 4.78 is 11.1. The Morgan fingerprint density at radius 2 is 1.94 bits per heavy atom. The molecule has 0 amide bonds. The summed E-state index contributed by atoms with van der Waals surface area (Å²) in [7, 11) is 0. The van der Waals surface area contributed by atoms with Crippen molar-refractivity contribution in [2.45, 2.75) is 20.5 Å². The van der Waals surface area contributed by atoms with E-state index in [0.29, 0.717) is 0 Å². The second-order valence-corrected chi connectivity index (χ2v) is 4.09. The first-order valence-electron chi connectivity index (χ1n) is 5.21. The van der Waals surface area contributed by atoms with Gasteiger partial charge in [0.2, 0.25) is 0 Å². The molecule has 0 atom stereocenters. The van der Waals surface area contributed by atoms with Crippen LogP contribution in [0, 0.1) is 13.8 Å². The van der Waals surface area contributed by atoms with Gasteiger partial charge in [0.15, 0.2) is 0 Å². The molecule has 0 bridgehead atoms. The van der Waals surface area contributed by atoms with Crippen molar-refractivity contribution in [2.24, 2.45) is 0 Å². The summed E-state index contributed by atoms with van der Waals surface area (Å²) in [6.07, 6.45) is 1.60. The van der Waals surface area contributed by atoms with Crippen molar-refractivity contribution in [3.63, 3.8) is 0 Å². The van der Waals surface area contributed by atoms with Gasteiger partial charge in [-0.15, -0.1) is 0 Å². The summed E-state index contributed by atoms with van der Waals surface area (Å²) in [5.41, 5.74) is 3.54. The van der Waals surface area contributed by atoms with E-state index >= 15 is 0 Å². The van der Waals surface area contributed by atoms with Gasteiger partial charge < -0.3 is 13.9 Å². The Labute approximate surface area is 92.3 Å². The SMILES string of the molecule is Cc1cc2c(o1)c(C)cc1c(CO)coc12. The highest BCUT2D eigenvalue weighted by Gasteiger charge is 2.13. The van der Waals surface area contributed by atoms with E-state index in [1.165, 1.54) is 0 Å². The number of rotatable bonds is 1. The normalized spacial score (nSPS) is 11.7. The number of furan rings is 2. The van der Waals surface area contributed by atoms with Gasteiger partial charge in [-0.25, -0.2) is 0 Å². The van der Waals surface area contributed by atoms with Crippen molar-refractivity contribution < 1.29 is 13.9 Å². The van der Waals surface area contributed by atoms with Crippen LogP contribution in [0.4, 0.5) is 0 Å². The number of aliphatic hydroxyl groups excluding tert-OH is 1. The lowest BCUT2D eigenvalue weighted by Gasteiger charge is -1.97. The molecule has 1 N–H and O–H groups in total. The van der Waals surface area contributed by atoms with Crippen molar-refractivity contribution in [3.05, 3.63) is 35.3 Å². The van der Waals surface area contributed by atoms with E-state index in [9.17, 15) is 5.11 Å². The highest BCUT2D eigenvalue weighted by molar-refractivity contribution is 6.05. The van der Waals surface area contributed by atoms with Crippen LogP contribution in [0.3, 0.4) is 0 Å². The molecule has 0 aliphatic rings. The van der Waals surface area contributed by atoms with Gasteiger partial charge in [-0.1, -0.05) is 0 Å². The lowest BCUT2D eigenvalue weighted by molar-refractivity contribution is 0.281. The summed E-state index contributed by atoms with van der Waals surface area (Å²) in [5, 5.41) is 11.2. The number of hydrogen-bond donors (Lipinski definition) is 1. The molecule has 3 rings (SSSR count). The van der Waals surface area contributed by atoms with Gasteiger partial charge in [-0.3, -0.25) is 0 Å². The Morgan fingerprint density at radius 3 is 2.69 bits per heavy atom. The molecule has 0 saturated carbocycles. The van der Waals surface area contributed by atoms with E-state index in [0.717, 1.165) is 38.8 Å². The summed E-state index contributed by atoms with van der Waals surface area (Å²) in [6.45, 7) is 3.91. The smallest absolute Gasteiger partial charge is 0.145 e. The van der Waals surface area contributed by atoms with Gasteiger partial charge in [0.1, 0.15) is 16.9 Å². The molecule has 0 aliphatic heterocycles. The van der Waals surface area contributed by atoms with Crippen LogP contribution in [0.1, 0.15) is 16.9 Å². The maximum atomic E-state index is 9.21. The van der Waals surface area contributed by atoms with Crippen LogP contribution in [0.25, 0.3) is 21.9 Å². The Morgan fingerprint density at radius 1 is 1.12 bits per heavy atom. The van der Waals surface area contributed by atoms with Crippen LogP contribution in [0.5, 0.6) is 0 Å².